The molecule has 1 aliphatic heterocycles. The van der Waals surface area contributed by atoms with Gasteiger partial charge in [0.05, 0.1) is 6.04 Å². The van der Waals surface area contributed by atoms with Gasteiger partial charge in [-0.15, -0.1) is 0 Å². The number of benzene rings is 1. The van der Waals surface area contributed by atoms with E-state index in [1.165, 1.54) is 25.9 Å². The Labute approximate surface area is 149 Å². The molecule has 1 aromatic rings. The third-order valence-corrected chi connectivity index (χ3v) is 5.01. The van der Waals surface area contributed by atoms with Crippen molar-refractivity contribution in [3.8, 4) is 0 Å². The predicted octanol–water partition coefficient (Wildman–Crippen LogP) is 3.69. The first-order chi connectivity index (χ1) is 11.0. The molecule has 1 atom stereocenters. The van der Waals surface area contributed by atoms with Crippen LogP contribution in [-0.4, -0.2) is 37.5 Å². The highest BCUT2D eigenvalue weighted by Crippen LogP contribution is 2.26. The van der Waals surface area contributed by atoms with Crippen molar-refractivity contribution in [2.24, 2.45) is 16.6 Å². The highest BCUT2D eigenvalue weighted by molar-refractivity contribution is 6.35. The number of guanidine groups is 1. The minimum Gasteiger partial charge on any atom is -0.370 e. The molecule has 0 bridgehead atoms. The second-order valence-electron chi connectivity index (χ2n) is 6.33. The lowest BCUT2D eigenvalue weighted by Crippen LogP contribution is -2.34. The van der Waals surface area contributed by atoms with Crippen molar-refractivity contribution < 1.29 is 0 Å². The Balaban J connectivity index is 1.79. The Bertz CT molecular complexity index is 539. The second kappa shape index (κ2) is 8.76. The van der Waals surface area contributed by atoms with Crippen molar-refractivity contribution in [1.82, 2.24) is 10.2 Å². The topological polar surface area (TPSA) is 53.6 Å². The van der Waals surface area contributed by atoms with Crippen molar-refractivity contribution in [1.29, 1.82) is 0 Å². The Morgan fingerprint density at radius 3 is 2.74 bits per heavy atom. The van der Waals surface area contributed by atoms with Crippen LogP contribution in [0.1, 0.15) is 37.8 Å². The van der Waals surface area contributed by atoms with Crippen LogP contribution in [-0.2, 0) is 0 Å². The molecule has 4 nitrogen and oxygen atoms in total. The fourth-order valence-corrected chi connectivity index (χ4v) is 3.49. The van der Waals surface area contributed by atoms with Gasteiger partial charge in [0, 0.05) is 16.6 Å². The zero-order valence-corrected chi connectivity index (χ0v) is 15.4. The Hall–Kier alpha value is -0.970. The summed E-state index contributed by atoms with van der Waals surface area (Å²) in [6.45, 7) is 5.16. The molecule has 0 amide bonds. The van der Waals surface area contributed by atoms with Crippen LogP contribution in [0, 0.1) is 5.92 Å². The van der Waals surface area contributed by atoms with Gasteiger partial charge in [0.15, 0.2) is 5.96 Å². The summed E-state index contributed by atoms with van der Waals surface area (Å²) in [6.07, 6.45) is 3.62. The first-order valence-corrected chi connectivity index (χ1v) is 8.91. The first-order valence-electron chi connectivity index (χ1n) is 8.15. The van der Waals surface area contributed by atoms with Crippen molar-refractivity contribution in [2.75, 3.05) is 26.7 Å². The SMILES string of the molecule is CC(NC(N)=NCCC1CCN(C)CC1)c1ccc(Cl)cc1Cl. The summed E-state index contributed by atoms with van der Waals surface area (Å²) in [5, 5.41) is 4.46. The van der Waals surface area contributed by atoms with Gasteiger partial charge in [-0.25, -0.2) is 0 Å². The van der Waals surface area contributed by atoms with E-state index in [0.29, 0.717) is 16.0 Å². The van der Waals surface area contributed by atoms with E-state index in [1.54, 1.807) is 6.07 Å². The minimum atomic E-state index is -0.00755. The van der Waals surface area contributed by atoms with Crippen LogP contribution >= 0.6 is 23.2 Å². The molecule has 0 aromatic heterocycles. The quantitative estimate of drug-likeness (QED) is 0.624. The third kappa shape index (κ3) is 5.87. The monoisotopic (exact) mass is 356 g/mol. The number of likely N-dealkylation sites (tertiary alicyclic amines) is 1. The maximum Gasteiger partial charge on any atom is 0.189 e. The first kappa shape index (κ1) is 18.4. The third-order valence-electron chi connectivity index (χ3n) is 4.45. The fourth-order valence-electron chi connectivity index (χ4n) is 2.92. The van der Waals surface area contributed by atoms with Gasteiger partial charge in [0.25, 0.3) is 0 Å². The van der Waals surface area contributed by atoms with E-state index in [0.717, 1.165) is 24.4 Å². The zero-order chi connectivity index (χ0) is 16.8. The molecule has 0 radical (unpaired) electrons. The molecule has 6 heteroatoms. The van der Waals surface area contributed by atoms with Gasteiger partial charge in [-0.1, -0.05) is 29.3 Å². The van der Waals surface area contributed by atoms with Gasteiger partial charge < -0.3 is 16.0 Å². The number of aliphatic imine (C=N–C) groups is 1. The van der Waals surface area contributed by atoms with E-state index < -0.39 is 0 Å². The number of piperidine rings is 1. The summed E-state index contributed by atoms with van der Waals surface area (Å²) < 4.78 is 0. The summed E-state index contributed by atoms with van der Waals surface area (Å²) in [5.41, 5.74) is 6.95. The Morgan fingerprint density at radius 1 is 1.39 bits per heavy atom. The molecule has 1 fully saturated rings. The Kier molecular flexibility index (Phi) is 7.00. The summed E-state index contributed by atoms with van der Waals surface area (Å²) in [7, 11) is 2.18. The van der Waals surface area contributed by atoms with E-state index in [4.69, 9.17) is 28.9 Å². The highest BCUT2D eigenvalue weighted by Gasteiger charge is 2.16. The van der Waals surface area contributed by atoms with E-state index in [1.807, 2.05) is 19.1 Å². The standard InChI is InChI=1S/C17H26Cl2N4/c1-12(15-4-3-14(18)11-16(15)19)22-17(20)21-8-5-13-6-9-23(2)10-7-13/h3-4,11-13H,5-10H2,1-2H3,(H3,20,21,22). The summed E-state index contributed by atoms with van der Waals surface area (Å²) in [6, 6.07) is 5.47. The second-order valence-corrected chi connectivity index (χ2v) is 7.18. The van der Waals surface area contributed by atoms with Gasteiger partial charge >= 0.3 is 0 Å². The number of nitrogens with one attached hydrogen (secondary N) is 1. The van der Waals surface area contributed by atoms with Crippen molar-refractivity contribution in [3.63, 3.8) is 0 Å². The van der Waals surface area contributed by atoms with Crippen LogP contribution in [0.4, 0.5) is 0 Å². The highest BCUT2D eigenvalue weighted by atomic mass is 35.5. The molecular formula is C17H26Cl2N4. The van der Waals surface area contributed by atoms with Gasteiger partial charge in [-0.2, -0.15) is 0 Å². The molecule has 1 aromatic carbocycles. The Morgan fingerprint density at radius 2 is 2.09 bits per heavy atom. The molecule has 1 saturated heterocycles. The summed E-state index contributed by atoms with van der Waals surface area (Å²) >= 11 is 12.1. The lowest BCUT2D eigenvalue weighted by Gasteiger charge is -2.28. The van der Waals surface area contributed by atoms with E-state index in [9.17, 15) is 0 Å². The van der Waals surface area contributed by atoms with Crippen LogP contribution in [0.15, 0.2) is 23.2 Å². The summed E-state index contributed by atoms with van der Waals surface area (Å²) in [4.78, 5) is 6.83. The smallest absolute Gasteiger partial charge is 0.189 e. The van der Waals surface area contributed by atoms with Crippen LogP contribution in [0.2, 0.25) is 10.0 Å². The largest absolute Gasteiger partial charge is 0.370 e. The molecular weight excluding hydrogens is 331 g/mol. The molecule has 0 saturated carbocycles. The number of rotatable bonds is 5. The average molecular weight is 357 g/mol. The summed E-state index contributed by atoms with van der Waals surface area (Å²) in [5.74, 6) is 1.24. The van der Waals surface area contributed by atoms with Gasteiger partial charge in [-0.05, 0) is 69.9 Å². The maximum absolute atomic E-state index is 6.22. The van der Waals surface area contributed by atoms with Crippen molar-refractivity contribution in [3.05, 3.63) is 33.8 Å². The molecule has 128 valence electrons. The molecule has 1 aliphatic rings. The van der Waals surface area contributed by atoms with E-state index in [-0.39, 0.29) is 6.04 Å². The van der Waals surface area contributed by atoms with E-state index in [2.05, 4.69) is 22.3 Å². The van der Waals surface area contributed by atoms with E-state index >= 15 is 0 Å². The molecule has 0 aliphatic carbocycles. The fraction of sp³-hybridized carbons (Fsp3) is 0.588. The predicted molar refractivity (Wildman–Crippen MR) is 99.3 cm³/mol. The number of nitrogens with zero attached hydrogens (tertiary/aromatic N) is 2. The molecule has 23 heavy (non-hydrogen) atoms. The number of hydrogen-bond acceptors (Lipinski definition) is 2. The average Bonchev–Trinajstić information content (AvgIpc) is 2.49. The van der Waals surface area contributed by atoms with Crippen molar-refractivity contribution >= 4 is 29.2 Å². The lowest BCUT2D eigenvalue weighted by molar-refractivity contribution is 0.214. The van der Waals surface area contributed by atoms with Crippen LogP contribution in [0.3, 0.4) is 0 Å². The van der Waals surface area contributed by atoms with Crippen LogP contribution in [0.5, 0.6) is 0 Å². The number of hydrogen-bond donors (Lipinski definition) is 2. The van der Waals surface area contributed by atoms with Gasteiger partial charge in [-0.3, -0.25) is 4.99 Å². The molecule has 1 unspecified atom stereocenters. The number of nitrogens with two attached hydrogens (primary N) is 1. The molecule has 2 rings (SSSR count). The minimum absolute atomic E-state index is 0.00755. The maximum atomic E-state index is 6.22. The van der Waals surface area contributed by atoms with Crippen LogP contribution in [0.25, 0.3) is 0 Å². The van der Waals surface area contributed by atoms with Gasteiger partial charge in [0.2, 0.25) is 0 Å². The number of halogens is 2. The molecule has 3 N–H and O–H groups in total. The molecule has 1 heterocycles. The van der Waals surface area contributed by atoms with Gasteiger partial charge in [0.1, 0.15) is 0 Å². The lowest BCUT2D eigenvalue weighted by atomic mass is 9.94. The molecule has 0 spiro atoms. The van der Waals surface area contributed by atoms with Crippen LogP contribution < -0.4 is 11.1 Å². The zero-order valence-electron chi connectivity index (χ0n) is 13.9. The van der Waals surface area contributed by atoms with Crippen molar-refractivity contribution in [2.45, 2.75) is 32.2 Å². The normalized spacial score (nSPS) is 18.9.